The second-order valence-corrected chi connectivity index (χ2v) is 9.56. The van der Waals surface area contributed by atoms with Crippen LogP contribution in [0.1, 0.15) is 37.6 Å². The van der Waals surface area contributed by atoms with Crippen LogP contribution in [0.15, 0.2) is 41.3 Å². The van der Waals surface area contributed by atoms with E-state index in [-0.39, 0.29) is 17.0 Å². The van der Waals surface area contributed by atoms with Gasteiger partial charge in [0.15, 0.2) is 27.3 Å². The quantitative estimate of drug-likeness (QED) is 0.613. The summed E-state index contributed by atoms with van der Waals surface area (Å²) in [5.74, 6) is -6.23. The van der Waals surface area contributed by atoms with Crippen LogP contribution in [0.5, 0.6) is 0 Å². The number of anilines is 1. The molecule has 2 amide bonds. The molecule has 0 spiro atoms. The van der Waals surface area contributed by atoms with E-state index in [1.165, 1.54) is 38.1 Å². The number of carbonyl (C=O) groups excluding carboxylic acids is 2. The van der Waals surface area contributed by atoms with Crippen molar-refractivity contribution >= 4 is 27.3 Å². The first-order chi connectivity index (χ1) is 14.5. The third kappa shape index (κ3) is 5.43. The fraction of sp³-hybridized carbons (Fsp3) is 0.333. The lowest BCUT2D eigenvalue weighted by Gasteiger charge is -2.23. The zero-order valence-electron chi connectivity index (χ0n) is 17.3. The Hall–Kier alpha value is -2.88. The third-order valence-corrected chi connectivity index (χ3v) is 6.68. The molecular weight excluding hydrogens is 433 g/mol. The predicted octanol–water partition coefficient (Wildman–Crippen LogP) is 3.78. The largest absolute Gasteiger partial charge is 0.329 e. The van der Waals surface area contributed by atoms with Gasteiger partial charge in [0.1, 0.15) is 6.54 Å². The van der Waals surface area contributed by atoms with E-state index < -0.39 is 56.6 Å². The number of amides is 2. The first-order valence-corrected chi connectivity index (χ1v) is 11.1. The molecule has 31 heavy (non-hydrogen) atoms. The number of hydrogen-bond acceptors (Lipinski definition) is 4. The molecule has 0 aromatic heterocycles. The summed E-state index contributed by atoms with van der Waals surface area (Å²) in [5.41, 5.74) is -0.660. The van der Waals surface area contributed by atoms with Gasteiger partial charge in [0, 0.05) is 6.54 Å². The lowest BCUT2D eigenvalue weighted by molar-refractivity contribution is -0.116. The van der Waals surface area contributed by atoms with Crippen LogP contribution in [-0.4, -0.2) is 43.5 Å². The normalized spacial score (nSPS) is 11.5. The van der Waals surface area contributed by atoms with Crippen molar-refractivity contribution in [3.8, 4) is 0 Å². The molecule has 2 aromatic rings. The SMILES string of the molecule is CCCN(CC(=O)Nc1ccc(F)c(F)c1F)C(=O)c1ccccc1S(=O)(=O)C(C)C. The number of halogens is 3. The van der Waals surface area contributed by atoms with Gasteiger partial charge < -0.3 is 10.2 Å². The van der Waals surface area contributed by atoms with E-state index in [2.05, 4.69) is 5.32 Å². The van der Waals surface area contributed by atoms with Gasteiger partial charge >= 0.3 is 0 Å². The lowest BCUT2D eigenvalue weighted by Crippen LogP contribution is -2.39. The minimum absolute atomic E-state index is 0.0866. The Morgan fingerprint density at radius 3 is 2.29 bits per heavy atom. The highest BCUT2D eigenvalue weighted by molar-refractivity contribution is 7.92. The van der Waals surface area contributed by atoms with E-state index in [9.17, 15) is 31.2 Å². The van der Waals surface area contributed by atoms with E-state index in [1.807, 2.05) is 0 Å². The third-order valence-electron chi connectivity index (χ3n) is 4.47. The van der Waals surface area contributed by atoms with Gasteiger partial charge in [-0.15, -0.1) is 0 Å². The predicted molar refractivity (Wildman–Crippen MR) is 110 cm³/mol. The van der Waals surface area contributed by atoms with Crippen molar-refractivity contribution in [1.29, 1.82) is 0 Å². The van der Waals surface area contributed by atoms with Crippen molar-refractivity contribution in [3.63, 3.8) is 0 Å². The molecule has 2 rings (SSSR count). The Morgan fingerprint density at radius 2 is 1.68 bits per heavy atom. The van der Waals surface area contributed by atoms with Crippen LogP contribution in [0.3, 0.4) is 0 Å². The summed E-state index contributed by atoms with van der Waals surface area (Å²) >= 11 is 0. The molecule has 0 saturated heterocycles. The van der Waals surface area contributed by atoms with Gasteiger partial charge in [-0.3, -0.25) is 9.59 Å². The van der Waals surface area contributed by atoms with Crippen LogP contribution in [-0.2, 0) is 14.6 Å². The first-order valence-electron chi connectivity index (χ1n) is 9.56. The Balaban J connectivity index is 2.30. The maximum absolute atomic E-state index is 13.8. The monoisotopic (exact) mass is 456 g/mol. The standard InChI is InChI=1S/C21H23F3N2O4S/c1-4-11-26(12-18(27)25-16-10-9-15(22)19(23)20(16)24)21(28)14-7-5-6-8-17(14)31(29,30)13(2)3/h5-10,13H,4,11-12H2,1-3H3,(H,25,27). The summed E-state index contributed by atoms with van der Waals surface area (Å²) in [4.78, 5) is 26.4. The van der Waals surface area contributed by atoms with Crippen molar-refractivity contribution in [2.24, 2.45) is 0 Å². The highest BCUT2D eigenvalue weighted by atomic mass is 32.2. The Labute approximate surface area is 179 Å². The van der Waals surface area contributed by atoms with E-state index >= 15 is 0 Å². The molecule has 0 bridgehead atoms. The molecular formula is C21H23F3N2O4S. The summed E-state index contributed by atoms with van der Waals surface area (Å²) in [6.07, 6.45) is 0.456. The van der Waals surface area contributed by atoms with Gasteiger partial charge in [-0.25, -0.2) is 21.6 Å². The van der Waals surface area contributed by atoms with Gasteiger partial charge in [0.05, 0.1) is 21.4 Å². The maximum Gasteiger partial charge on any atom is 0.255 e. The van der Waals surface area contributed by atoms with Crippen molar-refractivity contribution in [3.05, 3.63) is 59.4 Å². The molecule has 0 aliphatic carbocycles. The van der Waals surface area contributed by atoms with Crippen LogP contribution in [0.4, 0.5) is 18.9 Å². The molecule has 0 heterocycles. The molecule has 168 valence electrons. The number of hydrogen-bond donors (Lipinski definition) is 1. The summed E-state index contributed by atoms with van der Waals surface area (Å²) in [6.45, 7) is 4.31. The van der Waals surface area contributed by atoms with Crippen LogP contribution >= 0.6 is 0 Å². The number of sulfone groups is 1. The minimum Gasteiger partial charge on any atom is -0.329 e. The summed E-state index contributed by atoms with van der Waals surface area (Å²) < 4.78 is 65.5. The van der Waals surface area contributed by atoms with E-state index in [0.29, 0.717) is 12.5 Å². The Kier molecular flexibility index (Phi) is 7.83. The van der Waals surface area contributed by atoms with Crippen molar-refractivity contribution in [2.75, 3.05) is 18.4 Å². The topological polar surface area (TPSA) is 83.6 Å². The second kappa shape index (κ2) is 9.95. The number of benzene rings is 2. The zero-order valence-corrected chi connectivity index (χ0v) is 18.1. The van der Waals surface area contributed by atoms with Crippen LogP contribution < -0.4 is 5.32 Å². The Morgan fingerprint density at radius 1 is 1.03 bits per heavy atom. The molecule has 2 aromatic carbocycles. The van der Waals surface area contributed by atoms with Crippen LogP contribution in [0.25, 0.3) is 0 Å². The summed E-state index contributed by atoms with van der Waals surface area (Å²) in [5, 5.41) is 1.34. The lowest BCUT2D eigenvalue weighted by atomic mass is 10.2. The van der Waals surface area contributed by atoms with Gasteiger partial charge in [-0.1, -0.05) is 19.1 Å². The van der Waals surface area contributed by atoms with Crippen LogP contribution in [0, 0.1) is 17.5 Å². The summed E-state index contributed by atoms with van der Waals surface area (Å²) in [6, 6.07) is 7.21. The second-order valence-electron chi connectivity index (χ2n) is 7.09. The molecule has 0 atom stereocenters. The van der Waals surface area contributed by atoms with Crippen molar-refractivity contribution in [2.45, 2.75) is 37.3 Å². The molecule has 6 nitrogen and oxygen atoms in total. The number of nitrogens with one attached hydrogen (secondary N) is 1. The van der Waals surface area contributed by atoms with E-state index in [1.54, 1.807) is 6.92 Å². The molecule has 0 unspecified atom stereocenters. The molecule has 0 aliphatic heterocycles. The average Bonchev–Trinajstić information content (AvgIpc) is 2.73. The van der Waals surface area contributed by atoms with Gasteiger partial charge in [0.25, 0.3) is 5.91 Å². The smallest absolute Gasteiger partial charge is 0.255 e. The minimum atomic E-state index is -3.77. The van der Waals surface area contributed by atoms with Crippen LogP contribution in [0.2, 0.25) is 0 Å². The van der Waals surface area contributed by atoms with Crippen molar-refractivity contribution in [1.82, 2.24) is 4.90 Å². The summed E-state index contributed by atoms with van der Waals surface area (Å²) in [7, 11) is -3.77. The first kappa shape index (κ1) is 24.4. The molecule has 0 fully saturated rings. The highest BCUT2D eigenvalue weighted by Crippen LogP contribution is 2.23. The molecule has 1 N–H and O–H groups in total. The van der Waals surface area contributed by atoms with Crippen molar-refractivity contribution < 1.29 is 31.2 Å². The fourth-order valence-corrected chi connectivity index (χ4v) is 4.06. The molecule has 0 saturated carbocycles. The van der Waals surface area contributed by atoms with Gasteiger partial charge in [0.2, 0.25) is 5.91 Å². The number of carbonyl (C=O) groups is 2. The maximum atomic E-state index is 13.8. The zero-order chi connectivity index (χ0) is 23.3. The number of rotatable bonds is 8. The van der Waals surface area contributed by atoms with E-state index in [4.69, 9.17) is 0 Å². The average molecular weight is 456 g/mol. The van der Waals surface area contributed by atoms with Gasteiger partial charge in [-0.05, 0) is 44.5 Å². The molecule has 10 heteroatoms. The van der Waals surface area contributed by atoms with E-state index in [0.717, 1.165) is 11.0 Å². The van der Waals surface area contributed by atoms with Gasteiger partial charge in [-0.2, -0.15) is 0 Å². The molecule has 0 radical (unpaired) electrons. The molecule has 0 aliphatic rings. The number of nitrogens with zero attached hydrogens (tertiary/aromatic N) is 1. The fourth-order valence-electron chi connectivity index (χ4n) is 2.82. The highest BCUT2D eigenvalue weighted by Gasteiger charge is 2.28. The Bertz CT molecular complexity index is 1090.